The van der Waals surface area contributed by atoms with Crippen molar-refractivity contribution in [3.63, 3.8) is 0 Å². The Labute approximate surface area is 76.4 Å². The number of benzene rings is 1. The molecule has 1 rings (SSSR count). The molecule has 0 amide bonds. The van der Waals surface area contributed by atoms with Gasteiger partial charge in [0, 0.05) is 5.56 Å². The molecule has 0 aliphatic rings. The van der Waals surface area contributed by atoms with Gasteiger partial charge >= 0.3 is 0 Å². The zero-order chi connectivity index (χ0) is 9.30. The van der Waals surface area contributed by atoms with E-state index in [0.29, 0.717) is 10.6 Å². The highest BCUT2D eigenvalue weighted by atomic mass is 35.5. The molecule has 0 saturated heterocycles. The second-order valence-corrected chi connectivity index (χ2v) is 3.19. The van der Waals surface area contributed by atoms with E-state index in [0.717, 1.165) is 11.1 Å². The molecule has 0 fully saturated rings. The number of hydrogen-bond donors (Lipinski definition) is 2. The van der Waals surface area contributed by atoms with E-state index in [4.69, 9.17) is 16.7 Å². The third-order valence-corrected chi connectivity index (χ3v) is 2.35. The number of aryl methyl sites for hydroxylation is 1. The molecule has 12 heavy (non-hydrogen) atoms. The molecule has 0 saturated carbocycles. The number of hydrogen-bond acceptors (Lipinski definition) is 2. The quantitative estimate of drug-likeness (QED) is 0.706. The highest BCUT2D eigenvalue weighted by Gasteiger charge is 2.10. The second kappa shape index (κ2) is 3.33. The molecular formula is C9H11ClO2. The van der Waals surface area contributed by atoms with Crippen molar-refractivity contribution in [1.82, 2.24) is 0 Å². The van der Waals surface area contributed by atoms with Crippen LogP contribution in [-0.4, -0.2) is 10.2 Å². The van der Waals surface area contributed by atoms with Crippen molar-refractivity contribution in [2.75, 3.05) is 0 Å². The van der Waals surface area contributed by atoms with E-state index in [1.54, 1.807) is 6.07 Å². The molecule has 66 valence electrons. The van der Waals surface area contributed by atoms with Crippen molar-refractivity contribution in [3.05, 3.63) is 27.8 Å². The van der Waals surface area contributed by atoms with E-state index < -0.39 is 0 Å². The van der Waals surface area contributed by atoms with Gasteiger partial charge in [-0.3, -0.25) is 0 Å². The van der Waals surface area contributed by atoms with Gasteiger partial charge in [-0.1, -0.05) is 11.6 Å². The lowest BCUT2D eigenvalue weighted by Gasteiger charge is -2.09. The zero-order valence-corrected chi connectivity index (χ0v) is 7.81. The van der Waals surface area contributed by atoms with Crippen molar-refractivity contribution in [3.8, 4) is 5.75 Å². The Bertz CT molecular complexity index is 282. The Morgan fingerprint density at radius 3 is 2.50 bits per heavy atom. The van der Waals surface area contributed by atoms with E-state index in [-0.39, 0.29) is 12.4 Å². The summed E-state index contributed by atoms with van der Waals surface area (Å²) in [7, 11) is 0. The monoisotopic (exact) mass is 186 g/mol. The molecule has 0 radical (unpaired) electrons. The fourth-order valence-electron chi connectivity index (χ4n) is 1.12. The highest BCUT2D eigenvalue weighted by Crippen LogP contribution is 2.31. The van der Waals surface area contributed by atoms with Gasteiger partial charge < -0.3 is 10.2 Å². The largest absolute Gasteiger partial charge is 0.506 e. The summed E-state index contributed by atoms with van der Waals surface area (Å²) in [5.74, 6) is -0.0118. The summed E-state index contributed by atoms with van der Waals surface area (Å²) in [6.07, 6.45) is 0. The molecule has 3 heteroatoms. The van der Waals surface area contributed by atoms with Crippen LogP contribution in [0.25, 0.3) is 0 Å². The summed E-state index contributed by atoms with van der Waals surface area (Å²) in [5, 5.41) is 18.6. The lowest BCUT2D eigenvalue weighted by Crippen LogP contribution is -1.93. The van der Waals surface area contributed by atoms with Gasteiger partial charge in [-0.2, -0.15) is 0 Å². The third kappa shape index (κ3) is 1.40. The molecule has 0 aliphatic carbocycles. The zero-order valence-electron chi connectivity index (χ0n) is 7.06. The number of halogens is 1. The van der Waals surface area contributed by atoms with E-state index in [1.165, 1.54) is 0 Å². The predicted molar refractivity (Wildman–Crippen MR) is 48.5 cm³/mol. The first-order valence-corrected chi connectivity index (χ1v) is 4.04. The highest BCUT2D eigenvalue weighted by molar-refractivity contribution is 6.32. The number of phenols is 1. The number of aliphatic hydroxyl groups excluding tert-OH is 1. The molecule has 0 spiro atoms. The third-order valence-electron chi connectivity index (χ3n) is 2.06. The van der Waals surface area contributed by atoms with Crippen molar-refractivity contribution < 1.29 is 10.2 Å². The molecular weight excluding hydrogens is 176 g/mol. The van der Waals surface area contributed by atoms with Crippen molar-refractivity contribution in [2.24, 2.45) is 0 Å². The van der Waals surface area contributed by atoms with Crippen LogP contribution >= 0.6 is 11.6 Å². The van der Waals surface area contributed by atoms with Crippen LogP contribution in [-0.2, 0) is 6.61 Å². The maximum absolute atomic E-state index is 9.41. The minimum atomic E-state index is -0.181. The first-order valence-electron chi connectivity index (χ1n) is 3.66. The van der Waals surface area contributed by atoms with Crippen LogP contribution in [0.3, 0.4) is 0 Å². The lowest BCUT2D eigenvalue weighted by atomic mass is 10.0. The lowest BCUT2D eigenvalue weighted by molar-refractivity contribution is 0.274. The Hall–Kier alpha value is -0.730. The minimum absolute atomic E-state index is 0.0118. The Kier molecular flexibility index (Phi) is 2.60. The van der Waals surface area contributed by atoms with Crippen molar-refractivity contribution >= 4 is 11.6 Å². The summed E-state index contributed by atoms with van der Waals surface area (Å²) in [4.78, 5) is 0. The molecule has 0 atom stereocenters. The van der Waals surface area contributed by atoms with Crippen LogP contribution in [0.5, 0.6) is 5.75 Å². The topological polar surface area (TPSA) is 40.5 Å². The van der Waals surface area contributed by atoms with Gasteiger partial charge in [0.15, 0.2) is 0 Å². The number of aromatic hydroxyl groups is 1. The minimum Gasteiger partial charge on any atom is -0.506 e. The van der Waals surface area contributed by atoms with Gasteiger partial charge in [-0.25, -0.2) is 0 Å². The van der Waals surface area contributed by atoms with Crippen LogP contribution in [0.1, 0.15) is 16.7 Å². The molecule has 2 N–H and O–H groups in total. The summed E-state index contributed by atoms with van der Waals surface area (Å²) in [5.41, 5.74) is 2.38. The van der Waals surface area contributed by atoms with Crippen LogP contribution in [0.15, 0.2) is 6.07 Å². The molecule has 1 aromatic rings. The van der Waals surface area contributed by atoms with E-state index in [2.05, 4.69) is 0 Å². The Morgan fingerprint density at radius 1 is 1.42 bits per heavy atom. The molecule has 0 heterocycles. The van der Waals surface area contributed by atoms with E-state index in [9.17, 15) is 5.11 Å². The molecule has 0 bridgehead atoms. The fraction of sp³-hybridized carbons (Fsp3) is 0.333. The first kappa shape index (κ1) is 9.36. The second-order valence-electron chi connectivity index (χ2n) is 2.79. The summed E-state index contributed by atoms with van der Waals surface area (Å²) in [6, 6.07) is 1.69. The van der Waals surface area contributed by atoms with Gasteiger partial charge in [-0.05, 0) is 31.0 Å². The SMILES string of the molecule is Cc1cc(Cl)c(O)c(CO)c1C. The van der Waals surface area contributed by atoms with Crippen LogP contribution in [0.2, 0.25) is 5.02 Å². The maximum Gasteiger partial charge on any atom is 0.139 e. The van der Waals surface area contributed by atoms with Crippen LogP contribution in [0.4, 0.5) is 0 Å². The van der Waals surface area contributed by atoms with Gasteiger partial charge in [0.25, 0.3) is 0 Å². The average Bonchev–Trinajstić information content (AvgIpc) is 2.02. The standard InChI is InChI=1S/C9H11ClO2/c1-5-3-8(10)9(12)7(4-11)6(5)2/h3,11-12H,4H2,1-2H3. The van der Waals surface area contributed by atoms with Gasteiger partial charge in [0.1, 0.15) is 5.75 Å². The van der Waals surface area contributed by atoms with E-state index >= 15 is 0 Å². The van der Waals surface area contributed by atoms with E-state index in [1.807, 2.05) is 13.8 Å². The summed E-state index contributed by atoms with van der Waals surface area (Å²) in [6.45, 7) is 3.55. The smallest absolute Gasteiger partial charge is 0.139 e. The Morgan fingerprint density at radius 2 is 2.00 bits per heavy atom. The van der Waals surface area contributed by atoms with Crippen LogP contribution < -0.4 is 0 Å². The van der Waals surface area contributed by atoms with Gasteiger partial charge in [-0.15, -0.1) is 0 Å². The normalized spacial score (nSPS) is 10.3. The van der Waals surface area contributed by atoms with Crippen molar-refractivity contribution in [2.45, 2.75) is 20.5 Å². The molecule has 0 unspecified atom stereocenters. The molecule has 1 aromatic carbocycles. The van der Waals surface area contributed by atoms with Gasteiger partial charge in [0.05, 0.1) is 11.6 Å². The van der Waals surface area contributed by atoms with Gasteiger partial charge in [0.2, 0.25) is 0 Å². The average molecular weight is 187 g/mol. The molecule has 0 aromatic heterocycles. The van der Waals surface area contributed by atoms with Crippen LogP contribution in [0, 0.1) is 13.8 Å². The Balaban J connectivity index is 3.42. The maximum atomic E-state index is 9.41. The summed E-state index contributed by atoms with van der Waals surface area (Å²) >= 11 is 5.71. The van der Waals surface area contributed by atoms with Crippen molar-refractivity contribution in [1.29, 1.82) is 0 Å². The summed E-state index contributed by atoms with van der Waals surface area (Å²) < 4.78 is 0. The molecule has 2 nitrogen and oxygen atoms in total. The fourth-order valence-corrected chi connectivity index (χ4v) is 1.40. The molecule has 0 aliphatic heterocycles. The predicted octanol–water partition coefficient (Wildman–Crippen LogP) is 2.15. The number of aliphatic hydroxyl groups is 1. The first-order chi connectivity index (χ1) is 5.57. The number of rotatable bonds is 1.